The Balaban J connectivity index is 0. The van der Waals surface area contributed by atoms with E-state index in [0.717, 1.165) is 0 Å². The fourth-order valence-electron chi connectivity index (χ4n) is 0. The largest absolute Gasteiger partial charge is 4.00 e. The molecule has 0 radical (unpaired) electrons. The molecule has 0 N–H and O–H groups in total. The van der Waals surface area contributed by atoms with E-state index in [1.54, 1.807) is 0 Å². The SMILES string of the molecule is [Ba+2].[F-].[F-].[F-].[F-].[F-].[F-].[F-].[F-].[F-].[Th+4].[Zr+4]. The second-order valence-corrected chi connectivity index (χ2v) is 0. The molecule has 0 aromatic heterocycles. The Morgan fingerprint density at radius 2 is 0.333 bits per heavy atom. The molecule has 0 unspecified atom stereocenters. The second kappa shape index (κ2) is 247. The predicted octanol–water partition coefficient (Wildman–Crippen LogP) is -27.3. The van der Waals surface area contributed by atoms with Crippen LogP contribution >= 0.6 is 0 Å². The normalized spacial score (nSPS) is 0. The standard InChI is InChI=1S/Ba.9FH.Th.Zr/h;9*1H;;/q+2;;;;;;;;;;2*+4/p-9. The Kier molecular flexibility index (Phi) is 6290. The van der Waals surface area contributed by atoms with E-state index in [4.69, 9.17) is 0 Å². The summed E-state index contributed by atoms with van der Waals surface area (Å²) in [7, 11) is 0. The minimum absolute atomic E-state index is 0. The fraction of sp³-hybridized carbons (Fsp3) is 0. The first-order chi connectivity index (χ1) is 0. The average Bonchev–Trinajstić information content (AvgIpc) is 0. The Morgan fingerprint density at radius 1 is 0.333 bits per heavy atom. The van der Waals surface area contributed by atoms with Gasteiger partial charge in [-0.2, -0.15) is 0 Å². The van der Waals surface area contributed by atoms with Gasteiger partial charge in [-0.1, -0.05) is 0 Å². The van der Waals surface area contributed by atoms with Gasteiger partial charge in [-0.25, -0.2) is 0 Å². The monoisotopic (exact) mass is 631 g/mol. The fourth-order valence-corrected chi connectivity index (χ4v) is 0. The molecule has 0 heterocycles. The van der Waals surface area contributed by atoms with E-state index >= 15 is 0 Å². The van der Waals surface area contributed by atoms with Crippen molar-refractivity contribution < 1.29 is 108 Å². The van der Waals surface area contributed by atoms with Crippen LogP contribution in [0, 0.1) is 39.9 Å². The third kappa shape index (κ3) is 196. The molecule has 0 aromatic rings. The molecule has 0 aliphatic rings. The summed E-state index contributed by atoms with van der Waals surface area (Å²) in [5.74, 6) is 0. The molecule has 0 fully saturated rings. The van der Waals surface area contributed by atoms with E-state index in [1.807, 2.05) is 0 Å². The van der Waals surface area contributed by atoms with Gasteiger partial charge in [-0.3, -0.25) is 0 Å². The molecule has 0 aromatic carbocycles. The maximum Gasteiger partial charge on any atom is 4.00 e. The summed E-state index contributed by atoms with van der Waals surface area (Å²) in [6.07, 6.45) is 0. The van der Waals surface area contributed by atoms with Gasteiger partial charge in [-0.15, -0.1) is 0 Å². The minimum Gasteiger partial charge on any atom is -1.00 e. The number of rotatable bonds is 0. The summed E-state index contributed by atoms with van der Waals surface area (Å²) in [6, 6.07) is 0. The zero-order chi connectivity index (χ0) is 0. The van der Waals surface area contributed by atoms with Crippen LogP contribution in [0.3, 0.4) is 0 Å². The van der Waals surface area contributed by atoms with Crippen molar-refractivity contribution in [1.29, 1.82) is 0 Å². The van der Waals surface area contributed by atoms with Crippen molar-refractivity contribution in [1.82, 2.24) is 0 Å². The molecule has 0 spiro atoms. The van der Waals surface area contributed by atoms with Crippen molar-refractivity contribution in [2.75, 3.05) is 0 Å². The third-order valence-corrected chi connectivity index (χ3v) is 0. The summed E-state index contributed by atoms with van der Waals surface area (Å²) in [6.45, 7) is 0. The van der Waals surface area contributed by atoms with Crippen molar-refractivity contribution in [3.05, 3.63) is 0 Å². The molecular formula is BaF9ThZr+. The van der Waals surface area contributed by atoms with E-state index in [1.165, 1.54) is 0 Å². The molecule has 0 bridgehead atoms. The zero-order valence-corrected chi connectivity index (χ0v) is 16.1. The second-order valence-electron chi connectivity index (χ2n) is 0. The number of hydrogen-bond acceptors (Lipinski definition) is 0. The first-order valence-electron chi connectivity index (χ1n) is 0. The van der Waals surface area contributed by atoms with E-state index in [-0.39, 0.29) is 157 Å². The first-order valence-corrected chi connectivity index (χ1v) is 0. The van der Waals surface area contributed by atoms with Gasteiger partial charge in [0, 0.05) is 0 Å². The predicted molar refractivity (Wildman–Crippen MR) is 5.75 cm³/mol. The molecule has 12 heteroatoms. The van der Waals surface area contributed by atoms with Crippen molar-refractivity contribution in [3.8, 4) is 0 Å². The van der Waals surface area contributed by atoms with Gasteiger partial charge in [0.05, 0.1) is 0 Å². The molecule has 0 amide bonds. The third-order valence-electron chi connectivity index (χ3n) is 0. The van der Waals surface area contributed by atoms with Crippen LogP contribution in [0.15, 0.2) is 0 Å². The summed E-state index contributed by atoms with van der Waals surface area (Å²) in [4.78, 5) is 0. The van der Waals surface area contributed by atoms with Crippen LogP contribution in [0.1, 0.15) is 0 Å². The molecular weight excluding hydrogens is 632 g/mol. The van der Waals surface area contributed by atoms with Crippen molar-refractivity contribution in [2.24, 2.45) is 0 Å². The van der Waals surface area contributed by atoms with E-state index < -0.39 is 0 Å². The number of halogens is 9. The van der Waals surface area contributed by atoms with Gasteiger partial charge in [-0.05, 0) is 0 Å². The minimum atomic E-state index is 0. The van der Waals surface area contributed by atoms with Gasteiger partial charge in [0.1, 0.15) is 0 Å². The molecule has 0 aliphatic carbocycles. The van der Waals surface area contributed by atoms with Crippen molar-refractivity contribution in [2.45, 2.75) is 0 Å². The van der Waals surface area contributed by atoms with Crippen LogP contribution in [-0.4, -0.2) is 48.9 Å². The summed E-state index contributed by atoms with van der Waals surface area (Å²) in [5, 5.41) is 0. The number of hydrogen-bond donors (Lipinski definition) is 0. The Morgan fingerprint density at radius 3 is 0.333 bits per heavy atom. The van der Waals surface area contributed by atoms with Crippen molar-refractivity contribution >= 4 is 48.9 Å². The van der Waals surface area contributed by atoms with Gasteiger partial charge in [0.15, 0.2) is 0 Å². The Hall–Kier alpha value is 3.15. The Labute approximate surface area is 154 Å². The van der Waals surface area contributed by atoms with Gasteiger partial charge < -0.3 is 42.3 Å². The van der Waals surface area contributed by atoms with Crippen LogP contribution < -0.4 is 42.3 Å². The van der Waals surface area contributed by atoms with Gasteiger partial charge in [0.2, 0.25) is 0 Å². The summed E-state index contributed by atoms with van der Waals surface area (Å²) < 4.78 is 0. The van der Waals surface area contributed by atoms with Crippen LogP contribution in [0.5, 0.6) is 0 Å². The molecule has 0 aliphatic heterocycles. The van der Waals surface area contributed by atoms with Crippen LogP contribution in [-0.2, 0) is 26.2 Å². The molecule has 0 nitrogen and oxygen atoms in total. The molecule has 0 saturated heterocycles. The molecule has 0 rings (SSSR count). The molecule has 72 valence electrons. The molecule has 12 heavy (non-hydrogen) atoms. The topological polar surface area (TPSA) is 0 Å². The summed E-state index contributed by atoms with van der Waals surface area (Å²) in [5.41, 5.74) is 0. The van der Waals surface area contributed by atoms with Crippen LogP contribution in [0.25, 0.3) is 0 Å². The van der Waals surface area contributed by atoms with Gasteiger partial charge >= 0.3 is 115 Å². The molecule has 0 saturated carbocycles. The van der Waals surface area contributed by atoms with Gasteiger partial charge in [0.25, 0.3) is 0 Å². The van der Waals surface area contributed by atoms with E-state index in [0.29, 0.717) is 0 Å². The zero-order valence-electron chi connectivity index (χ0n) is 5.11. The summed E-state index contributed by atoms with van der Waals surface area (Å²) >= 11 is 0. The maximum absolute atomic E-state index is 0. The van der Waals surface area contributed by atoms with Crippen molar-refractivity contribution in [3.63, 3.8) is 0 Å². The van der Waals surface area contributed by atoms with E-state index in [9.17, 15) is 0 Å². The van der Waals surface area contributed by atoms with E-state index in [2.05, 4.69) is 0 Å². The average molecular weight is 632 g/mol. The van der Waals surface area contributed by atoms with Crippen LogP contribution in [0.2, 0.25) is 0 Å². The Bertz CT molecular complexity index is 14.5. The maximum atomic E-state index is 0. The first kappa shape index (κ1) is 306. The smallest absolute Gasteiger partial charge is 1.00 e. The van der Waals surface area contributed by atoms with Crippen LogP contribution in [0.4, 0.5) is 0 Å². The molecule has 0 atom stereocenters. The quantitative estimate of drug-likeness (QED) is 0.184.